The van der Waals surface area contributed by atoms with Crippen molar-refractivity contribution in [3.63, 3.8) is 0 Å². The van der Waals surface area contributed by atoms with Gasteiger partial charge in [0.1, 0.15) is 5.82 Å². The SMILES string of the molecule is CC(NC(=O)C1(N)CCCC1)c1cc(F)ccc1N1CCN(C)CC1.Cl.Cl.Cl. The quantitative estimate of drug-likeness (QED) is 0.728. The number of rotatable bonds is 4. The van der Waals surface area contributed by atoms with E-state index in [0.717, 1.165) is 63.1 Å². The summed E-state index contributed by atoms with van der Waals surface area (Å²) in [6, 6.07) is 4.58. The summed E-state index contributed by atoms with van der Waals surface area (Å²) in [7, 11) is 2.11. The molecule has 2 aliphatic rings. The summed E-state index contributed by atoms with van der Waals surface area (Å²) < 4.78 is 13.9. The van der Waals surface area contributed by atoms with Crippen LogP contribution in [0.4, 0.5) is 10.1 Å². The lowest BCUT2D eigenvalue weighted by molar-refractivity contribution is -0.126. The molecule has 1 heterocycles. The van der Waals surface area contributed by atoms with Crippen molar-refractivity contribution in [3.05, 3.63) is 29.6 Å². The van der Waals surface area contributed by atoms with Gasteiger partial charge in [-0.15, -0.1) is 37.2 Å². The monoisotopic (exact) mass is 456 g/mol. The van der Waals surface area contributed by atoms with Gasteiger partial charge in [0, 0.05) is 37.4 Å². The summed E-state index contributed by atoms with van der Waals surface area (Å²) in [4.78, 5) is 17.2. The Morgan fingerprint density at radius 1 is 1.14 bits per heavy atom. The summed E-state index contributed by atoms with van der Waals surface area (Å²) in [5.74, 6) is -0.400. The van der Waals surface area contributed by atoms with Gasteiger partial charge in [-0.1, -0.05) is 12.8 Å². The number of hydrogen-bond acceptors (Lipinski definition) is 4. The molecular weight excluding hydrogens is 426 g/mol. The van der Waals surface area contributed by atoms with Gasteiger partial charge in [0.15, 0.2) is 0 Å². The second kappa shape index (κ2) is 11.4. The number of likely N-dealkylation sites (N-methyl/N-ethyl adjacent to an activating group) is 1. The number of carbonyl (C=O) groups is 1. The molecule has 1 saturated carbocycles. The van der Waals surface area contributed by atoms with Crippen molar-refractivity contribution in [2.45, 2.75) is 44.2 Å². The highest BCUT2D eigenvalue weighted by molar-refractivity contribution is 5.87. The summed E-state index contributed by atoms with van der Waals surface area (Å²) in [5, 5.41) is 3.03. The maximum Gasteiger partial charge on any atom is 0.240 e. The first-order valence-corrected chi connectivity index (χ1v) is 9.22. The molecule has 5 nitrogen and oxygen atoms in total. The van der Waals surface area contributed by atoms with Gasteiger partial charge in [-0.2, -0.15) is 0 Å². The second-order valence-corrected chi connectivity index (χ2v) is 7.55. The molecule has 0 spiro atoms. The van der Waals surface area contributed by atoms with E-state index in [9.17, 15) is 9.18 Å². The molecule has 1 aromatic rings. The first-order valence-electron chi connectivity index (χ1n) is 9.22. The van der Waals surface area contributed by atoms with Crippen LogP contribution in [0.25, 0.3) is 0 Å². The molecule has 9 heteroatoms. The van der Waals surface area contributed by atoms with Crippen molar-refractivity contribution in [1.82, 2.24) is 10.2 Å². The minimum Gasteiger partial charge on any atom is -0.369 e. The van der Waals surface area contributed by atoms with Gasteiger partial charge in [-0.25, -0.2) is 4.39 Å². The van der Waals surface area contributed by atoms with Crippen LogP contribution in [0.2, 0.25) is 0 Å². The number of halogens is 4. The molecular formula is C19H32Cl3FN4O. The fourth-order valence-electron chi connectivity index (χ4n) is 3.86. The molecule has 1 aliphatic carbocycles. The highest BCUT2D eigenvalue weighted by Gasteiger charge is 2.37. The van der Waals surface area contributed by atoms with E-state index < -0.39 is 5.54 Å². The number of anilines is 1. The van der Waals surface area contributed by atoms with Crippen LogP contribution in [0.3, 0.4) is 0 Å². The Bertz CT molecular complexity index is 636. The topological polar surface area (TPSA) is 61.6 Å². The van der Waals surface area contributed by atoms with Crippen LogP contribution < -0.4 is 16.0 Å². The Morgan fingerprint density at radius 2 is 1.71 bits per heavy atom. The van der Waals surface area contributed by atoms with E-state index in [1.807, 2.05) is 13.0 Å². The second-order valence-electron chi connectivity index (χ2n) is 7.55. The lowest BCUT2D eigenvalue weighted by Gasteiger charge is -2.36. The van der Waals surface area contributed by atoms with E-state index in [1.165, 1.54) is 12.1 Å². The van der Waals surface area contributed by atoms with Crippen molar-refractivity contribution in [2.75, 3.05) is 38.1 Å². The normalized spacial score (nSPS) is 19.6. The van der Waals surface area contributed by atoms with Crippen LogP contribution in [0.1, 0.15) is 44.2 Å². The van der Waals surface area contributed by atoms with Gasteiger partial charge in [0.25, 0.3) is 0 Å². The van der Waals surface area contributed by atoms with Crippen molar-refractivity contribution >= 4 is 48.8 Å². The van der Waals surface area contributed by atoms with Crippen molar-refractivity contribution in [2.24, 2.45) is 5.73 Å². The maximum absolute atomic E-state index is 13.9. The summed E-state index contributed by atoms with van der Waals surface area (Å²) >= 11 is 0. The molecule has 162 valence electrons. The van der Waals surface area contributed by atoms with Gasteiger partial charge in [-0.3, -0.25) is 4.79 Å². The lowest BCUT2D eigenvalue weighted by atomic mass is 9.96. The fourth-order valence-corrected chi connectivity index (χ4v) is 3.86. The Labute approximate surface area is 185 Å². The van der Waals surface area contributed by atoms with E-state index in [2.05, 4.69) is 22.2 Å². The van der Waals surface area contributed by atoms with Crippen molar-refractivity contribution in [1.29, 1.82) is 0 Å². The number of piperazine rings is 1. The molecule has 0 aromatic heterocycles. The van der Waals surface area contributed by atoms with Gasteiger partial charge >= 0.3 is 0 Å². The van der Waals surface area contributed by atoms with Gasteiger partial charge in [0.05, 0.1) is 11.6 Å². The summed E-state index contributed by atoms with van der Waals surface area (Å²) in [5.41, 5.74) is 7.30. The number of nitrogens with zero attached hydrogens (tertiary/aromatic N) is 2. The molecule has 0 radical (unpaired) electrons. The average molecular weight is 458 g/mol. The third-order valence-electron chi connectivity index (χ3n) is 5.60. The van der Waals surface area contributed by atoms with Gasteiger partial charge in [0.2, 0.25) is 5.91 Å². The van der Waals surface area contributed by atoms with Gasteiger partial charge in [-0.05, 0) is 45.0 Å². The van der Waals surface area contributed by atoms with Crippen LogP contribution in [-0.2, 0) is 4.79 Å². The molecule has 0 bridgehead atoms. The molecule has 1 amide bonds. The van der Waals surface area contributed by atoms with Crippen molar-refractivity contribution < 1.29 is 9.18 Å². The third-order valence-corrected chi connectivity index (χ3v) is 5.60. The van der Waals surface area contributed by atoms with E-state index >= 15 is 0 Å². The molecule has 1 atom stereocenters. The van der Waals surface area contributed by atoms with Gasteiger partial charge < -0.3 is 20.9 Å². The lowest BCUT2D eigenvalue weighted by Crippen LogP contribution is -2.52. The predicted molar refractivity (Wildman–Crippen MR) is 120 cm³/mol. The summed E-state index contributed by atoms with van der Waals surface area (Å²) in [6.07, 6.45) is 3.43. The van der Waals surface area contributed by atoms with Crippen LogP contribution in [0, 0.1) is 5.82 Å². The van der Waals surface area contributed by atoms with Crippen LogP contribution in [0.5, 0.6) is 0 Å². The van der Waals surface area contributed by atoms with E-state index in [0.29, 0.717) is 0 Å². The largest absolute Gasteiger partial charge is 0.369 e. The maximum atomic E-state index is 13.9. The molecule has 3 N–H and O–H groups in total. The van der Waals surface area contributed by atoms with E-state index in [1.54, 1.807) is 0 Å². The molecule has 1 unspecified atom stereocenters. The first kappa shape index (κ1) is 27.2. The van der Waals surface area contributed by atoms with E-state index in [-0.39, 0.29) is 55.0 Å². The molecule has 3 rings (SSSR count). The Balaban J connectivity index is 0.00000243. The highest BCUT2D eigenvalue weighted by atomic mass is 35.5. The Morgan fingerprint density at radius 3 is 2.29 bits per heavy atom. The van der Waals surface area contributed by atoms with Crippen molar-refractivity contribution in [3.8, 4) is 0 Å². The Hall–Kier alpha value is -0.790. The third kappa shape index (κ3) is 6.10. The smallest absolute Gasteiger partial charge is 0.240 e. The predicted octanol–water partition coefficient (Wildman–Crippen LogP) is 3.29. The molecule has 2 fully saturated rings. The standard InChI is InChI=1S/C19H29FN4O.3ClH/c1-14(22-18(25)19(21)7-3-4-8-19)16-13-15(20)5-6-17(16)24-11-9-23(2)10-12-24;;;/h5-6,13-14H,3-4,7-12,21H2,1-2H3,(H,22,25);3*1H. The number of hydrogen-bond donors (Lipinski definition) is 2. The van der Waals surface area contributed by atoms with Crippen LogP contribution in [0.15, 0.2) is 18.2 Å². The highest BCUT2D eigenvalue weighted by Crippen LogP contribution is 2.31. The van der Waals surface area contributed by atoms with Crippen LogP contribution in [-0.4, -0.2) is 49.6 Å². The molecule has 28 heavy (non-hydrogen) atoms. The van der Waals surface area contributed by atoms with E-state index in [4.69, 9.17) is 5.73 Å². The molecule has 1 aliphatic heterocycles. The number of benzene rings is 1. The number of nitrogens with two attached hydrogens (primary N) is 1. The zero-order valence-corrected chi connectivity index (χ0v) is 18.9. The minimum absolute atomic E-state index is 0. The number of carbonyl (C=O) groups excluding carboxylic acids is 1. The summed E-state index contributed by atoms with van der Waals surface area (Å²) in [6.45, 7) is 5.66. The minimum atomic E-state index is -0.768. The average Bonchev–Trinajstić information content (AvgIpc) is 3.04. The Kier molecular flexibility index (Phi) is 11.1. The molecule has 1 aromatic carbocycles. The first-order chi connectivity index (χ1) is 11.9. The van der Waals surface area contributed by atoms with Crippen LogP contribution >= 0.6 is 37.2 Å². The number of nitrogens with one attached hydrogen (secondary N) is 1. The zero-order valence-electron chi connectivity index (χ0n) is 16.4. The zero-order chi connectivity index (χ0) is 18.0. The molecule has 1 saturated heterocycles. The fraction of sp³-hybridized carbons (Fsp3) is 0.632. The number of amides is 1.